The molecular weight excluding hydrogens is 548 g/mol. The number of rotatable bonds is 13. The number of benzene rings is 3. The molecule has 3 aromatic carbocycles. The monoisotopic (exact) mass is 586 g/mol. The minimum absolute atomic E-state index is 0.0831. The van der Waals surface area contributed by atoms with Gasteiger partial charge in [-0.25, -0.2) is 4.79 Å². The van der Waals surface area contributed by atoms with E-state index < -0.39 is 18.3 Å². The van der Waals surface area contributed by atoms with E-state index in [0.717, 1.165) is 45.5 Å². The molecule has 1 fully saturated rings. The first-order chi connectivity index (χ1) is 20.9. The molecule has 1 aromatic heterocycles. The number of aromatic amines is 1. The minimum atomic E-state index is -0.991. The van der Waals surface area contributed by atoms with Crippen molar-refractivity contribution < 1.29 is 33.6 Å². The van der Waals surface area contributed by atoms with Crippen LogP contribution in [0.1, 0.15) is 48.5 Å². The predicted octanol–water partition coefficient (Wildman–Crippen LogP) is 6.35. The molecule has 1 amide bonds. The van der Waals surface area contributed by atoms with E-state index in [1.54, 1.807) is 7.11 Å². The summed E-state index contributed by atoms with van der Waals surface area (Å²) < 4.78 is 23.6. The molecule has 0 aliphatic carbocycles. The number of nitrogens with zero attached hydrogens (tertiary/aromatic N) is 1. The van der Waals surface area contributed by atoms with Crippen molar-refractivity contribution in [3.63, 3.8) is 0 Å². The lowest BCUT2D eigenvalue weighted by Crippen LogP contribution is -2.47. The number of methoxy groups -OCH3 is 1. The maximum absolute atomic E-state index is 12.9. The van der Waals surface area contributed by atoms with Crippen molar-refractivity contribution in [1.82, 2.24) is 9.88 Å². The van der Waals surface area contributed by atoms with Crippen molar-refractivity contribution in [3.05, 3.63) is 95.7 Å². The highest BCUT2D eigenvalue weighted by molar-refractivity contribution is 5.90. The molecule has 226 valence electrons. The van der Waals surface area contributed by atoms with Gasteiger partial charge >= 0.3 is 6.09 Å². The maximum Gasteiger partial charge on any atom is 0.407 e. The first kappa shape index (κ1) is 30.1. The van der Waals surface area contributed by atoms with Gasteiger partial charge in [-0.2, -0.15) is 0 Å². The number of carbonyl (C=O) groups excluding carboxylic acids is 1. The van der Waals surface area contributed by atoms with Gasteiger partial charge in [-0.05, 0) is 54.8 Å². The van der Waals surface area contributed by atoms with Crippen molar-refractivity contribution in [2.24, 2.45) is 0 Å². The number of aromatic nitrogens is 1. The fourth-order valence-corrected chi connectivity index (χ4v) is 5.68. The molecule has 43 heavy (non-hydrogen) atoms. The van der Waals surface area contributed by atoms with Crippen LogP contribution in [-0.2, 0) is 20.9 Å². The number of para-hydroxylation sites is 1. The average molecular weight is 587 g/mol. The van der Waals surface area contributed by atoms with Crippen molar-refractivity contribution in [2.75, 3.05) is 33.4 Å². The van der Waals surface area contributed by atoms with Crippen molar-refractivity contribution in [2.45, 2.75) is 44.5 Å². The second-order valence-electron chi connectivity index (χ2n) is 10.7. The second-order valence-corrected chi connectivity index (χ2v) is 10.7. The van der Waals surface area contributed by atoms with Crippen LogP contribution in [0.3, 0.4) is 0 Å². The van der Waals surface area contributed by atoms with Gasteiger partial charge in [0.15, 0.2) is 5.78 Å². The van der Waals surface area contributed by atoms with Gasteiger partial charge in [0.1, 0.15) is 17.6 Å². The van der Waals surface area contributed by atoms with E-state index >= 15 is 0 Å². The van der Waals surface area contributed by atoms with Gasteiger partial charge in [-0.3, -0.25) is 4.79 Å². The number of carbonyl (C=O) groups is 2. The molecule has 1 aliphatic rings. The molecule has 0 spiro atoms. The van der Waals surface area contributed by atoms with Crippen LogP contribution in [0, 0.1) is 0 Å². The lowest BCUT2D eigenvalue weighted by molar-refractivity contribution is -0.136. The first-order valence-electron chi connectivity index (χ1n) is 14.6. The van der Waals surface area contributed by atoms with E-state index in [4.69, 9.17) is 18.9 Å². The van der Waals surface area contributed by atoms with Gasteiger partial charge in [-0.15, -0.1) is 0 Å². The summed E-state index contributed by atoms with van der Waals surface area (Å²) in [7, 11) is 1.65. The number of hydrogen-bond donors (Lipinski definition) is 2. The Hall–Kier alpha value is -4.34. The van der Waals surface area contributed by atoms with Gasteiger partial charge in [0.05, 0.1) is 39.6 Å². The molecule has 1 saturated heterocycles. The zero-order valence-electron chi connectivity index (χ0n) is 24.5. The van der Waals surface area contributed by atoms with E-state index in [1.165, 1.54) is 11.8 Å². The summed E-state index contributed by atoms with van der Waals surface area (Å²) in [6, 6.07) is 23.3. The number of amides is 1. The standard InChI is InChI=1S/C34H38N2O7/c1-23(37)33(29-8-5-9-30-28(29)15-17-35-30)43-32-21-36(34(38)39)18-16-27(32)24-11-13-26(14-12-24)42-20-6-19-41-22-25-7-3-4-10-31(25)40-2/h3-5,7-15,17,27,32-33,35H,6,16,18-22H2,1-2H3,(H,38,39). The number of ether oxygens (including phenoxy) is 4. The van der Waals surface area contributed by atoms with Gasteiger partial charge in [0.2, 0.25) is 0 Å². The van der Waals surface area contributed by atoms with E-state index in [1.807, 2.05) is 79.0 Å². The highest BCUT2D eigenvalue weighted by Gasteiger charge is 2.36. The molecule has 9 nitrogen and oxygen atoms in total. The average Bonchev–Trinajstić information content (AvgIpc) is 3.51. The highest BCUT2D eigenvalue weighted by atomic mass is 16.5. The van der Waals surface area contributed by atoms with Crippen LogP contribution >= 0.6 is 0 Å². The topological polar surface area (TPSA) is 110 Å². The van der Waals surface area contributed by atoms with E-state index in [2.05, 4.69) is 4.98 Å². The smallest absolute Gasteiger partial charge is 0.407 e. The molecule has 9 heteroatoms. The summed E-state index contributed by atoms with van der Waals surface area (Å²) in [5, 5.41) is 10.6. The quantitative estimate of drug-likeness (QED) is 0.176. The number of piperidine rings is 1. The second kappa shape index (κ2) is 14.2. The molecular formula is C34H38N2O7. The number of fused-ring (bicyclic) bond motifs is 1. The maximum atomic E-state index is 12.9. The number of Topliss-reactive ketones (excluding diaryl/α,β-unsaturated/α-hetero) is 1. The fourth-order valence-electron chi connectivity index (χ4n) is 5.68. The van der Waals surface area contributed by atoms with Crippen LogP contribution in [0.25, 0.3) is 10.9 Å². The summed E-state index contributed by atoms with van der Waals surface area (Å²) in [5.41, 5.74) is 3.71. The predicted molar refractivity (Wildman–Crippen MR) is 163 cm³/mol. The van der Waals surface area contributed by atoms with Crippen LogP contribution in [0.15, 0.2) is 79.0 Å². The van der Waals surface area contributed by atoms with Gasteiger partial charge in [-0.1, -0.05) is 42.5 Å². The number of nitrogens with one attached hydrogen (secondary N) is 1. The lowest BCUT2D eigenvalue weighted by atomic mass is 9.86. The highest BCUT2D eigenvalue weighted by Crippen LogP contribution is 2.36. The molecule has 2 heterocycles. The Balaban J connectivity index is 1.20. The van der Waals surface area contributed by atoms with Gasteiger partial charge in [0, 0.05) is 41.5 Å². The molecule has 4 aromatic rings. The number of likely N-dealkylation sites (tertiary alicyclic amines) is 1. The number of H-pyrrole nitrogens is 1. The van der Waals surface area contributed by atoms with Crippen LogP contribution in [0.2, 0.25) is 0 Å². The summed E-state index contributed by atoms with van der Waals surface area (Å²) in [6.45, 7) is 3.64. The largest absolute Gasteiger partial charge is 0.496 e. The fraction of sp³-hybridized carbons (Fsp3) is 0.353. The van der Waals surface area contributed by atoms with E-state index in [-0.39, 0.29) is 18.2 Å². The molecule has 2 N–H and O–H groups in total. The zero-order valence-corrected chi connectivity index (χ0v) is 24.5. The summed E-state index contributed by atoms with van der Waals surface area (Å²) in [4.78, 5) is 29.3. The third-order valence-electron chi connectivity index (χ3n) is 7.88. The third-order valence-corrected chi connectivity index (χ3v) is 7.88. The van der Waals surface area contributed by atoms with Crippen molar-refractivity contribution in [1.29, 1.82) is 0 Å². The van der Waals surface area contributed by atoms with Crippen LogP contribution < -0.4 is 9.47 Å². The SMILES string of the molecule is COc1ccccc1COCCCOc1ccc(C2CCN(C(=O)O)CC2OC(C(C)=O)c2cccc3[nH]ccc23)cc1. The van der Waals surface area contributed by atoms with E-state index in [9.17, 15) is 14.7 Å². The van der Waals surface area contributed by atoms with Crippen molar-refractivity contribution >= 4 is 22.8 Å². The van der Waals surface area contributed by atoms with Gasteiger partial charge < -0.3 is 33.9 Å². The molecule has 0 bridgehead atoms. The number of carboxylic acid groups (broad SMARTS) is 1. The normalized spacial score (nSPS) is 17.5. The summed E-state index contributed by atoms with van der Waals surface area (Å²) in [6.07, 6.45) is 0.851. The number of hydrogen-bond acceptors (Lipinski definition) is 6. The Bertz CT molecular complexity index is 1520. The Morgan fingerprint density at radius 3 is 2.60 bits per heavy atom. The molecule has 0 radical (unpaired) electrons. The molecule has 3 unspecified atom stereocenters. The van der Waals surface area contributed by atoms with Crippen LogP contribution in [0.5, 0.6) is 11.5 Å². The first-order valence-corrected chi connectivity index (χ1v) is 14.6. The van der Waals surface area contributed by atoms with Gasteiger partial charge in [0.25, 0.3) is 0 Å². The molecule has 0 saturated carbocycles. The third kappa shape index (κ3) is 7.36. The Morgan fingerprint density at radius 2 is 1.84 bits per heavy atom. The molecule has 5 rings (SSSR count). The number of ketones is 1. The molecule has 3 atom stereocenters. The van der Waals surface area contributed by atoms with E-state index in [0.29, 0.717) is 32.8 Å². The Kier molecular flexibility index (Phi) is 9.96. The Morgan fingerprint density at radius 1 is 1.02 bits per heavy atom. The van der Waals surface area contributed by atoms with Crippen LogP contribution in [-0.4, -0.2) is 66.4 Å². The summed E-state index contributed by atoms with van der Waals surface area (Å²) in [5.74, 6) is 1.35. The zero-order chi connectivity index (χ0) is 30.2. The Labute approximate surface area is 251 Å². The summed E-state index contributed by atoms with van der Waals surface area (Å²) >= 11 is 0. The minimum Gasteiger partial charge on any atom is -0.496 e. The van der Waals surface area contributed by atoms with Crippen LogP contribution in [0.4, 0.5) is 4.79 Å². The molecule has 1 aliphatic heterocycles. The van der Waals surface area contributed by atoms with Crippen molar-refractivity contribution in [3.8, 4) is 11.5 Å². The lowest BCUT2D eigenvalue weighted by Gasteiger charge is -2.39.